The number of imide groups is 1. The largest absolute Gasteiger partial charge is 0.335 e. The molecule has 1 atom stereocenters. The lowest BCUT2D eigenvalue weighted by atomic mass is 9.92. The summed E-state index contributed by atoms with van der Waals surface area (Å²) in [7, 11) is 0. The summed E-state index contributed by atoms with van der Waals surface area (Å²) >= 11 is 0. The van der Waals surface area contributed by atoms with Crippen LogP contribution in [0.4, 0.5) is 4.79 Å². The molecule has 142 valence electrons. The molecule has 0 bridgehead atoms. The number of nitrogens with one attached hydrogen (secondary N) is 1. The van der Waals surface area contributed by atoms with Crippen molar-refractivity contribution in [2.45, 2.75) is 69.0 Å². The van der Waals surface area contributed by atoms with Crippen LogP contribution >= 0.6 is 0 Å². The van der Waals surface area contributed by atoms with Gasteiger partial charge in [0.15, 0.2) is 0 Å². The van der Waals surface area contributed by atoms with Crippen molar-refractivity contribution in [3.63, 3.8) is 0 Å². The molecule has 0 aromatic heterocycles. The molecule has 6 nitrogen and oxygen atoms in total. The minimum Gasteiger partial charge on any atom is -0.335 e. The van der Waals surface area contributed by atoms with Crippen molar-refractivity contribution in [2.75, 3.05) is 6.54 Å². The molecular weight excluding hydrogens is 342 g/mol. The fourth-order valence-electron chi connectivity index (χ4n) is 5.19. The molecule has 1 unspecified atom stereocenters. The molecule has 3 aliphatic carbocycles. The Morgan fingerprint density at radius 1 is 1.11 bits per heavy atom. The number of aryl methyl sites for hydroxylation is 1. The number of amides is 4. The quantitative estimate of drug-likeness (QED) is 0.831. The van der Waals surface area contributed by atoms with Crippen molar-refractivity contribution >= 4 is 17.8 Å². The summed E-state index contributed by atoms with van der Waals surface area (Å²) in [5.74, 6) is -0.343. The zero-order valence-corrected chi connectivity index (χ0v) is 15.4. The molecule has 0 radical (unpaired) electrons. The molecule has 27 heavy (non-hydrogen) atoms. The van der Waals surface area contributed by atoms with Gasteiger partial charge in [0.2, 0.25) is 5.91 Å². The van der Waals surface area contributed by atoms with E-state index in [1.165, 1.54) is 0 Å². The first-order valence-electron chi connectivity index (χ1n) is 10.1. The Kier molecular flexibility index (Phi) is 3.78. The third-order valence-electron chi connectivity index (χ3n) is 6.66. The molecule has 1 aromatic rings. The smallest absolute Gasteiger partial charge is 0.325 e. The van der Waals surface area contributed by atoms with E-state index in [9.17, 15) is 14.4 Å². The zero-order chi connectivity index (χ0) is 18.6. The van der Waals surface area contributed by atoms with Crippen molar-refractivity contribution in [3.05, 3.63) is 35.4 Å². The van der Waals surface area contributed by atoms with Crippen LogP contribution in [-0.4, -0.2) is 46.3 Å². The Morgan fingerprint density at radius 2 is 1.81 bits per heavy atom. The van der Waals surface area contributed by atoms with Crippen LogP contribution in [-0.2, 0) is 21.5 Å². The highest BCUT2D eigenvalue weighted by molar-refractivity contribution is 6.10. The van der Waals surface area contributed by atoms with Crippen molar-refractivity contribution < 1.29 is 14.4 Å². The van der Waals surface area contributed by atoms with E-state index < -0.39 is 11.6 Å². The summed E-state index contributed by atoms with van der Waals surface area (Å²) in [6.07, 6.45) is 7.81. The fraction of sp³-hybridized carbons (Fsp3) is 0.571. The maximum absolute atomic E-state index is 13.2. The number of carbonyl (C=O) groups excluding carboxylic acids is 3. The SMILES string of the molecule is O=C1NC2(CCc3ccccc32)C(=O)N1CC(=O)N(C1CCCC1)C1CC1. The van der Waals surface area contributed by atoms with Crippen LogP contribution in [0.2, 0.25) is 0 Å². The van der Waals surface area contributed by atoms with Gasteiger partial charge in [-0.1, -0.05) is 37.1 Å². The average Bonchev–Trinajstić information content (AvgIpc) is 3.12. The minimum atomic E-state index is -0.980. The second-order valence-corrected chi connectivity index (χ2v) is 8.35. The number of fused-ring (bicyclic) bond motifs is 2. The number of urea groups is 1. The third-order valence-corrected chi connectivity index (χ3v) is 6.66. The Bertz CT molecular complexity index is 813. The Hall–Kier alpha value is -2.37. The molecule has 2 saturated carbocycles. The monoisotopic (exact) mass is 367 g/mol. The lowest BCUT2D eigenvalue weighted by Gasteiger charge is -2.30. The standard InChI is InChI=1S/C21H25N3O3/c25-18(24(16-9-10-16)15-6-2-3-7-15)13-23-19(26)21(22-20(23)27)12-11-14-5-1-4-8-17(14)21/h1,4-5,8,15-16H,2-3,6-7,9-13H2,(H,22,27). The van der Waals surface area contributed by atoms with Crippen molar-refractivity contribution in [3.8, 4) is 0 Å². The predicted molar refractivity (Wildman–Crippen MR) is 98.8 cm³/mol. The van der Waals surface area contributed by atoms with Crippen LogP contribution in [0, 0.1) is 0 Å². The summed E-state index contributed by atoms with van der Waals surface area (Å²) in [6, 6.07) is 7.93. The lowest BCUT2D eigenvalue weighted by molar-refractivity contribution is -0.140. The number of carbonyl (C=O) groups is 3. The maximum atomic E-state index is 13.2. The van der Waals surface area contributed by atoms with E-state index in [2.05, 4.69) is 5.32 Å². The molecule has 5 rings (SSSR count). The lowest BCUT2D eigenvalue weighted by Crippen LogP contribution is -2.48. The number of benzene rings is 1. The predicted octanol–water partition coefficient (Wildman–Crippen LogP) is 2.31. The van der Waals surface area contributed by atoms with Crippen LogP contribution in [0.15, 0.2) is 24.3 Å². The summed E-state index contributed by atoms with van der Waals surface area (Å²) in [5.41, 5.74) is 1.00. The van der Waals surface area contributed by atoms with Crippen molar-refractivity contribution in [1.82, 2.24) is 15.1 Å². The molecule has 1 aromatic carbocycles. The molecule has 1 spiro atoms. The van der Waals surface area contributed by atoms with Crippen LogP contribution in [0.25, 0.3) is 0 Å². The fourth-order valence-corrected chi connectivity index (χ4v) is 5.19. The highest BCUT2D eigenvalue weighted by atomic mass is 16.2. The molecule has 3 fully saturated rings. The maximum Gasteiger partial charge on any atom is 0.325 e. The Labute approximate surface area is 158 Å². The van der Waals surface area contributed by atoms with E-state index in [0.29, 0.717) is 12.5 Å². The first kappa shape index (κ1) is 16.8. The van der Waals surface area contributed by atoms with Gasteiger partial charge in [0, 0.05) is 12.1 Å². The van der Waals surface area contributed by atoms with Gasteiger partial charge in [-0.05, 0) is 49.7 Å². The third kappa shape index (κ3) is 2.57. The molecule has 1 heterocycles. The summed E-state index contributed by atoms with van der Waals surface area (Å²) in [4.78, 5) is 42.1. The second-order valence-electron chi connectivity index (χ2n) is 8.35. The zero-order valence-electron chi connectivity index (χ0n) is 15.4. The van der Waals surface area contributed by atoms with Crippen molar-refractivity contribution in [2.24, 2.45) is 0 Å². The molecule has 1 saturated heterocycles. The van der Waals surface area contributed by atoms with E-state index in [4.69, 9.17) is 0 Å². The van der Waals surface area contributed by atoms with Gasteiger partial charge in [0.25, 0.3) is 5.91 Å². The van der Waals surface area contributed by atoms with Gasteiger partial charge >= 0.3 is 6.03 Å². The highest BCUT2D eigenvalue weighted by Gasteiger charge is 2.56. The summed E-state index contributed by atoms with van der Waals surface area (Å²) in [6.45, 7) is -0.137. The van der Waals surface area contributed by atoms with Gasteiger partial charge in [-0.2, -0.15) is 0 Å². The van der Waals surface area contributed by atoms with Gasteiger partial charge < -0.3 is 10.2 Å². The minimum absolute atomic E-state index is 0.0729. The summed E-state index contributed by atoms with van der Waals surface area (Å²) < 4.78 is 0. The Morgan fingerprint density at radius 3 is 2.56 bits per heavy atom. The van der Waals surface area contributed by atoms with E-state index in [1.807, 2.05) is 29.2 Å². The Balaban J connectivity index is 1.37. The molecule has 4 aliphatic rings. The van der Waals surface area contributed by atoms with Gasteiger partial charge in [0.1, 0.15) is 12.1 Å². The summed E-state index contributed by atoms with van der Waals surface area (Å²) in [5, 5.41) is 2.91. The number of nitrogens with zero attached hydrogens (tertiary/aromatic N) is 2. The molecule has 4 amide bonds. The van der Waals surface area contributed by atoms with Gasteiger partial charge in [-0.25, -0.2) is 4.79 Å². The molecule has 1 aliphatic heterocycles. The van der Waals surface area contributed by atoms with E-state index in [1.54, 1.807) is 0 Å². The van der Waals surface area contributed by atoms with Crippen LogP contribution in [0.5, 0.6) is 0 Å². The number of hydrogen-bond acceptors (Lipinski definition) is 3. The number of hydrogen-bond donors (Lipinski definition) is 1. The van der Waals surface area contributed by atoms with E-state index in [-0.39, 0.29) is 24.4 Å². The first-order chi connectivity index (χ1) is 13.1. The van der Waals surface area contributed by atoms with Gasteiger partial charge in [0.05, 0.1) is 0 Å². The number of rotatable bonds is 4. The van der Waals surface area contributed by atoms with Gasteiger partial charge in [-0.3, -0.25) is 14.5 Å². The van der Waals surface area contributed by atoms with Crippen LogP contribution in [0.1, 0.15) is 56.1 Å². The first-order valence-corrected chi connectivity index (χ1v) is 10.1. The topological polar surface area (TPSA) is 69.7 Å². The van der Waals surface area contributed by atoms with Crippen LogP contribution < -0.4 is 5.32 Å². The second kappa shape index (κ2) is 6.08. The van der Waals surface area contributed by atoms with Gasteiger partial charge in [-0.15, -0.1) is 0 Å². The normalized spacial score (nSPS) is 27.3. The van der Waals surface area contributed by atoms with E-state index in [0.717, 1.165) is 61.0 Å². The molecule has 1 N–H and O–H groups in total. The van der Waals surface area contributed by atoms with Crippen LogP contribution in [0.3, 0.4) is 0 Å². The van der Waals surface area contributed by atoms with Crippen molar-refractivity contribution in [1.29, 1.82) is 0 Å². The highest BCUT2D eigenvalue weighted by Crippen LogP contribution is 2.41. The average molecular weight is 367 g/mol. The molecule has 6 heteroatoms. The van der Waals surface area contributed by atoms with E-state index >= 15 is 0 Å². The molecular formula is C21H25N3O3.